The molecule has 1 aliphatic carbocycles. The highest BCUT2D eigenvalue weighted by molar-refractivity contribution is 5.91. The molecule has 6 heteroatoms. The normalized spacial score (nSPS) is 33.5. The molecule has 1 N–H and O–H groups in total. The Kier molecular flexibility index (Phi) is 3.63. The molecule has 3 amide bonds. The van der Waals surface area contributed by atoms with Crippen LogP contribution in [0.15, 0.2) is 0 Å². The predicted molar refractivity (Wildman–Crippen MR) is 76.3 cm³/mol. The maximum atomic E-state index is 13.1. The minimum atomic E-state index is -0.460. The van der Waals surface area contributed by atoms with Crippen molar-refractivity contribution in [1.82, 2.24) is 15.1 Å². The van der Waals surface area contributed by atoms with Crippen LogP contribution in [0.2, 0.25) is 0 Å². The maximum Gasteiger partial charge on any atom is 0.239 e. The molecule has 2 heterocycles. The maximum absolute atomic E-state index is 13.1. The number of rotatable bonds is 1. The average molecular weight is 293 g/mol. The molecule has 116 valence electrons. The zero-order chi connectivity index (χ0) is 15.0. The Morgan fingerprint density at radius 2 is 2.10 bits per heavy atom. The highest BCUT2D eigenvalue weighted by Crippen LogP contribution is 2.47. The molecule has 6 nitrogen and oxygen atoms in total. The first kappa shape index (κ1) is 14.4. The highest BCUT2D eigenvalue weighted by atomic mass is 16.2. The van der Waals surface area contributed by atoms with Crippen molar-refractivity contribution in [2.45, 2.75) is 44.6 Å². The van der Waals surface area contributed by atoms with E-state index in [2.05, 4.69) is 5.32 Å². The van der Waals surface area contributed by atoms with Gasteiger partial charge in [-0.05, 0) is 19.3 Å². The van der Waals surface area contributed by atoms with Gasteiger partial charge in [0.25, 0.3) is 0 Å². The fourth-order valence-electron chi connectivity index (χ4n) is 4.24. The first-order valence-electron chi connectivity index (χ1n) is 7.86. The zero-order valence-corrected chi connectivity index (χ0v) is 12.6. The minimum Gasteiger partial charge on any atom is -0.353 e. The molecule has 3 aliphatic rings. The summed E-state index contributed by atoms with van der Waals surface area (Å²) in [4.78, 5) is 40.1. The largest absolute Gasteiger partial charge is 0.353 e. The summed E-state index contributed by atoms with van der Waals surface area (Å²) in [5.74, 6) is 0.140. The number of piperazine rings is 1. The van der Waals surface area contributed by atoms with E-state index in [0.29, 0.717) is 25.9 Å². The van der Waals surface area contributed by atoms with Crippen molar-refractivity contribution in [2.24, 2.45) is 5.41 Å². The van der Waals surface area contributed by atoms with E-state index < -0.39 is 5.41 Å². The third-order valence-corrected chi connectivity index (χ3v) is 5.39. The van der Waals surface area contributed by atoms with E-state index in [4.69, 9.17) is 0 Å². The Morgan fingerprint density at radius 3 is 2.86 bits per heavy atom. The van der Waals surface area contributed by atoms with Gasteiger partial charge in [-0.25, -0.2) is 0 Å². The molecule has 1 saturated carbocycles. The summed E-state index contributed by atoms with van der Waals surface area (Å²) in [6.45, 7) is 1.27. The van der Waals surface area contributed by atoms with Crippen LogP contribution in [-0.2, 0) is 14.4 Å². The molecule has 2 saturated heterocycles. The number of carbonyl (C=O) groups excluding carboxylic acids is 3. The van der Waals surface area contributed by atoms with Crippen LogP contribution in [0.3, 0.4) is 0 Å². The quantitative estimate of drug-likeness (QED) is 0.747. The lowest BCUT2D eigenvalue weighted by Gasteiger charge is -2.51. The summed E-state index contributed by atoms with van der Waals surface area (Å²) in [5, 5.41) is 2.76. The van der Waals surface area contributed by atoms with Gasteiger partial charge in [-0.1, -0.05) is 12.8 Å². The average Bonchev–Trinajstić information content (AvgIpc) is 2.50. The lowest BCUT2D eigenvalue weighted by molar-refractivity contribution is -0.162. The molecule has 0 aromatic heterocycles. The van der Waals surface area contributed by atoms with Crippen molar-refractivity contribution in [3.05, 3.63) is 0 Å². The minimum absolute atomic E-state index is 0.00462. The molecule has 0 aromatic rings. The van der Waals surface area contributed by atoms with Crippen LogP contribution in [0.5, 0.6) is 0 Å². The lowest BCUT2D eigenvalue weighted by Crippen LogP contribution is -2.63. The molecule has 21 heavy (non-hydrogen) atoms. The predicted octanol–water partition coefficient (Wildman–Crippen LogP) is 0.126. The monoisotopic (exact) mass is 293 g/mol. The Bertz CT molecular complexity index is 479. The summed E-state index contributed by atoms with van der Waals surface area (Å²) in [6.07, 6.45) is 4.92. The first-order chi connectivity index (χ1) is 10.0. The molecular formula is C15H23N3O3. The highest BCUT2D eigenvalue weighted by Gasteiger charge is 2.53. The molecule has 0 unspecified atom stereocenters. The molecule has 2 atom stereocenters. The van der Waals surface area contributed by atoms with Crippen molar-refractivity contribution >= 4 is 17.7 Å². The van der Waals surface area contributed by atoms with E-state index in [0.717, 1.165) is 25.7 Å². The molecule has 2 aliphatic heterocycles. The van der Waals surface area contributed by atoms with Crippen LogP contribution in [0, 0.1) is 5.41 Å². The van der Waals surface area contributed by atoms with Gasteiger partial charge < -0.3 is 15.1 Å². The Labute approximate surface area is 124 Å². The number of piperidine rings is 1. The summed E-state index contributed by atoms with van der Waals surface area (Å²) in [7, 11) is 1.82. The number of likely N-dealkylation sites (tertiary alicyclic amines) is 1. The molecule has 3 fully saturated rings. The van der Waals surface area contributed by atoms with Crippen molar-refractivity contribution in [3.8, 4) is 0 Å². The van der Waals surface area contributed by atoms with Crippen molar-refractivity contribution in [2.75, 3.05) is 26.7 Å². The molecular weight excluding hydrogens is 270 g/mol. The summed E-state index contributed by atoms with van der Waals surface area (Å²) in [5.41, 5.74) is -0.460. The Morgan fingerprint density at radius 1 is 1.29 bits per heavy atom. The van der Waals surface area contributed by atoms with Gasteiger partial charge in [0.05, 0.1) is 12.0 Å². The van der Waals surface area contributed by atoms with Gasteiger partial charge in [-0.3, -0.25) is 14.4 Å². The summed E-state index contributed by atoms with van der Waals surface area (Å²) >= 11 is 0. The van der Waals surface area contributed by atoms with E-state index in [1.807, 2.05) is 7.05 Å². The van der Waals surface area contributed by atoms with Gasteiger partial charge in [0.1, 0.15) is 0 Å². The Hall–Kier alpha value is -1.59. The molecule has 0 bridgehead atoms. The lowest BCUT2D eigenvalue weighted by atomic mass is 9.64. The second-order valence-electron chi connectivity index (χ2n) is 6.50. The fourth-order valence-corrected chi connectivity index (χ4v) is 4.24. The molecule has 3 rings (SSSR count). The first-order valence-corrected chi connectivity index (χ1v) is 7.86. The van der Waals surface area contributed by atoms with Gasteiger partial charge in [0, 0.05) is 32.6 Å². The third kappa shape index (κ3) is 2.30. The summed E-state index contributed by atoms with van der Waals surface area (Å²) < 4.78 is 0. The smallest absolute Gasteiger partial charge is 0.239 e. The number of nitrogens with one attached hydrogen (secondary N) is 1. The van der Waals surface area contributed by atoms with Crippen LogP contribution < -0.4 is 5.32 Å². The number of nitrogens with zero attached hydrogens (tertiary/aromatic N) is 2. The van der Waals surface area contributed by atoms with Crippen LogP contribution in [0.25, 0.3) is 0 Å². The number of amides is 3. The third-order valence-electron chi connectivity index (χ3n) is 5.39. The van der Waals surface area contributed by atoms with Gasteiger partial charge in [0.15, 0.2) is 0 Å². The second-order valence-corrected chi connectivity index (χ2v) is 6.50. The number of hydrogen-bond acceptors (Lipinski definition) is 3. The van der Waals surface area contributed by atoms with Gasteiger partial charge in [-0.15, -0.1) is 0 Å². The van der Waals surface area contributed by atoms with Crippen LogP contribution in [0.4, 0.5) is 0 Å². The van der Waals surface area contributed by atoms with Crippen molar-refractivity contribution < 1.29 is 14.4 Å². The second kappa shape index (κ2) is 5.31. The van der Waals surface area contributed by atoms with Crippen LogP contribution in [0.1, 0.15) is 38.5 Å². The van der Waals surface area contributed by atoms with E-state index >= 15 is 0 Å². The SMILES string of the molecule is CN1C(=O)CC[C@]2(C(=O)N3CCNC(=O)C3)CCCC[C@@H]12. The van der Waals surface area contributed by atoms with Gasteiger partial charge >= 0.3 is 0 Å². The Balaban J connectivity index is 1.87. The standard InChI is InChI=1S/C15H23N3O3/c1-17-11-4-2-3-6-15(11,7-5-13(17)20)14(21)18-9-8-16-12(19)10-18/h11H,2-10H2,1H3,(H,16,19)/t11-,15-/m1/s1. The van der Waals surface area contributed by atoms with Crippen molar-refractivity contribution in [3.63, 3.8) is 0 Å². The topological polar surface area (TPSA) is 69.7 Å². The van der Waals surface area contributed by atoms with E-state index in [1.54, 1.807) is 9.80 Å². The fraction of sp³-hybridized carbons (Fsp3) is 0.800. The molecule has 0 spiro atoms. The van der Waals surface area contributed by atoms with Crippen molar-refractivity contribution in [1.29, 1.82) is 0 Å². The number of hydrogen-bond donors (Lipinski definition) is 1. The van der Waals surface area contributed by atoms with E-state index in [-0.39, 0.29) is 30.3 Å². The van der Waals surface area contributed by atoms with E-state index in [9.17, 15) is 14.4 Å². The zero-order valence-electron chi connectivity index (χ0n) is 12.6. The van der Waals surface area contributed by atoms with Crippen LogP contribution >= 0.6 is 0 Å². The van der Waals surface area contributed by atoms with Gasteiger partial charge in [-0.2, -0.15) is 0 Å². The number of fused-ring (bicyclic) bond motifs is 1. The van der Waals surface area contributed by atoms with E-state index in [1.165, 1.54) is 0 Å². The molecule has 0 radical (unpaired) electrons. The van der Waals surface area contributed by atoms with Gasteiger partial charge in [0.2, 0.25) is 17.7 Å². The summed E-state index contributed by atoms with van der Waals surface area (Å²) in [6, 6.07) is 0.00462. The van der Waals surface area contributed by atoms with Crippen LogP contribution in [-0.4, -0.2) is 60.2 Å². The number of carbonyl (C=O) groups is 3. The molecule has 0 aromatic carbocycles.